The van der Waals surface area contributed by atoms with Crippen LogP contribution in [0.25, 0.3) is 16.6 Å². The fourth-order valence-corrected chi connectivity index (χ4v) is 4.05. The number of nitrogens with two attached hydrogens (primary N) is 1. The van der Waals surface area contributed by atoms with E-state index < -0.39 is 29.5 Å². The summed E-state index contributed by atoms with van der Waals surface area (Å²) in [6, 6.07) is 1.77. The maximum Gasteiger partial charge on any atom is 0.416 e. The molecule has 4 heterocycles. The lowest BCUT2D eigenvalue weighted by Gasteiger charge is -2.27. The van der Waals surface area contributed by atoms with Crippen LogP contribution in [0.4, 0.5) is 23.4 Å². The molecule has 1 atom stereocenters. The number of rotatable bonds is 3. The molecule has 0 radical (unpaired) electrons. The molecule has 1 amide bonds. The van der Waals surface area contributed by atoms with E-state index in [9.17, 15) is 22.4 Å². The van der Waals surface area contributed by atoms with Crippen LogP contribution in [0.2, 0.25) is 0 Å². The summed E-state index contributed by atoms with van der Waals surface area (Å²) in [7, 11) is 0. The molecule has 0 saturated heterocycles. The van der Waals surface area contributed by atoms with Gasteiger partial charge in [-0.1, -0.05) is 0 Å². The first kappa shape index (κ1) is 20.9. The van der Waals surface area contributed by atoms with Crippen LogP contribution in [-0.2, 0) is 6.18 Å². The molecule has 12 heteroatoms. The number of aromatic nitrogens is 4. The van der Waals surface area contributed by atoms with Crippen LogP contribution in [0, 0.1) is 5.82 Å². The summed E-state index contributed by atoms with van der Waals surface area (Å²) in [6.45, 7) is 1.65. The maximum absolute atomic E-state index is 14.7. The Balaban J connectivity index is 1.54. The molecule has 2 N–H and O–H groups in total. The van der Waals surface area contributed by atoms with Gasteiger partial charge in [0, 0.05) is 6.54 Å². The molecular formula is C21H16F4N6O2. The van der Waals surface area contributed by atoms with E-state index in [-0.39, 0.29) is 36.0 Å². The Morgan fingerprint density at radius 3 is 2.79 bits per heavy atom. The van der Waals surface area contributed by atoms with E-state index in [2.05, 4.69) is 15.0 Å². The van der Waals surface area contributed by atoms with Crippen molar-refractivity contribution >= 4 is 28.3 Å². The van der Waals surface area contributed by atoms with Gasteiger partial charge < -0.3 is 15.4 Å². The van der Waals surface area contributed by atoms with Crippen LogP contribution in [-0.4, -0.2) is 43.3 Å². The Morgan fingerprint density at radius 2 is 2.06 bits per heavy atom. The number of anilines is 1. The van der Waals surface area contributed by atoms with Crippen LogP contribution in [0.15, 0.2) is 36.9 Å². The lowest BCUT2D eigenvalue weighted by atomic mass is 10.0. The molecule has 170 valence electrons. The number of carbonyl (C=O) groups is 1. The van der Waals surface area contributed by atoms with E-state index in [4.69, 9.17) is 10.5 Å². The van der Waals surface area contributed by atoms with Crippen molar-refractivity contribution in [1.29, 1.82) is 0 Å². The smallest absolute Gasteiger partial charge is 0.416 e. The molecule has 8 nitrogen and oxygen atoms in total. The third-order valence-electron chi connectivity index (χ3n) is 5.61. The monoisotopic (exact) mass is 460 g/mol. The number of amides is 1. The number of nitrogen functional groups attached to an aromatic ring is 1. The standard InChI is InChI=1S/C21H16F4N6O2/c1-2-30(16-8-33-17-4-10(21(23,24)25)3-11(22)18(16)17)20(32)12-5-14-13(6-28-12)29-19(26)15-7-27-9-31(14)15/h3-7,9,16H,2,8H2,1H3,(H2,26,29)/t16-/m1/s1. The van der Waals surface area contributed by atoms with E-state index in [0.29, 0.717) is 22.6 Å². The zero-order valence-corrected chi connectivity index (χ0v) is 17.1. The molecule has 3 aromatic heterocycles. The summed E-state index contributed by atoms with van der Waals surface area (Å²) in [4.78, 5) is 27.1. The maximum atomic E-state index is 14.7. The van der Waals surface area contributed by atoms with Gasteiger partial charge in [0.25, 0.3) is 5.91 Å². The van der Waals surface area contributed by atoms with Gasteiger partial charge in [-0.25, -0.2) is 19.3 Å². The molecule has 0 unspecified atom stereocenters. The first-order valence-electron chi connectivity index (χ1n) is 9.90. The number of hydrogen-bond donors (Lipinski definition) is 1. The van der Waals surface area contributed by atoms with Gasteiger partial charge in [0.2, 0.25) is 0 Å². The summed E-state index contributed by atoms with van der Waals surface area (Å²) >= 11 is 0. The topological polar surface area (TPSA) is 98.6 Å². The molecule has 1 aliphatic rings. The number of alkyl halides is 3. The molecule has 5 rings (SSSR count). The van der Waals surface area contributed by atoms with E-state index in [1.54, 1.807) is 11.3 Å². The lowest BCUT2D eigenvalue weighted by Crippen LogP contribution is -2.36. The van der Waals surface area contributed by atoms with Gasteiger partial charge in [-0.15, -0.1) is 0 Å². The zero-order valence-electron chi connectivity index (χ0n) is 17.1. The molecule has 0 aliphatic carbocycles. The normalized spacial score (nSPS) is 15.6. The van der Waals surface area contributed by atoms with Gasteiger partial charge in [0.1, 0.15) is 40.7 Å². The average molecular weight is 460 g/mol. The van der Waals surface area contributed by atoms with Crippen molar-refractivity contribution < 1.29 is 27.1 Å². The number of ether oxygens (including phenoxy) is 1. The first-order valence-corrected chi connectivity index (χ1v) is 9.90. The quantitative estimate of drug-likeness (QED) is 0.469. The Hall–Kier alpha value is -3.96. The third kappa shape index (κ3) is 3.29. The van der Waals surface area contributed by atoms with E-state index in [0.717, 1.165) is 6.07 Å². The first-order chi connectivity index (χ1) is 15.7. The van der Waals surface area contributed by atoms with E-state index >= 15 is 0 Å². The molecule has 1 aromatic carbocycles. The van der Waals surface area contributed by atoms with Gasteiger partial charge in [-0.2, -0.15) is 13.2 Å². The number of halogens is 4. The van der Waals surface area contributed by atoms with Crippen LogP contribution in [0.1, 0.15) is 34.6 Å². The highest BCUT2D eigenvalue weighted by Gasteiger charge is 2.39. The Bertz CT molecular complexity index is 1420. The van der Waals surface area contributed by atoms with Gasteiger partial charge in [-0.3, -0.25) is 9.20 Å². The molecular weight excluding hydrogens is 444 g/mol. The summed E-state index contributed by atoms with van der Waals surface area (Å²) in [6.07, 6.45) is -0.271. The predicted molar refractivity (Wildman–Crippen MR) is 109 cm³/mol. The van der Waals surface area contributed by atoms with Crippen molar-refractivity contribution in [3.05, 3.63) is 59.6 Å². The SMILES string of the molecule is CCN(C(=O)c1cc2c(cn1)nc(N)c1cncn12)[C@@H]1COc2cc(C(F)(F)F)cc(F)c21. The minimum Gasteiger partial charge on any atom is -0.491 e. The van der Waals surface area contributed by atoms with Crippen LogP contribution in [0.5, 0.6) is 5.75 Å². The molecule has 33 heavy (non-hydrogen) atoms. The highest BCUT2D eigenvalue weighted by molar-refractivity contribution is 5.96. The highest BCUT2D eigenvalue weighted by atomic mass is 19.4. The van der Waals surface area contributed by atoms with Crippen molar-refractivity contribution in [2.45, 2.75) is 19.1 Å². The van der Waals surface area contributed by atoms with Gasteiger partial charge >= 0.3 is 6.18 Å². The lowest BCUT2D eigenvalue weighted by molar-refractivity contribution is -0.137. The summed E-state index contributed by atoms with van der Waals surface area (Å²) in [5.41, 5.74) is 6.26. The number of imidazole rings is 1. The second-order valence-corrected chi connectivity index (χ2v) is 7.49. The molecule has 0 bridgehead atoms. The predicted octanol–water partition coefficient (Wildman–Crippen LogP) is 3.61. The van der Waals surface area contributed by atoms with E-state index in [1.807, 2.05) is 0 Å². The number of carbonyl (C=O) groups excluding carboxylic acids is 1. The molecule has 0 spiro atoms. The average Bonchev–Trinajstić information content (AvgIpc) is 3.42. The van der Waals surface area contributed by atoms with Crippen LogP contribution >= 0.6 is 0 Å². The Labute approximate surface area is 183 Å². The fraction of sp³-hybridized carbons (Fsp3) is 0.238. The minimum absolute atomic E-state index is 0.0479. The van der Waals surface area contributed by atoms with Crippen molar-refractivity contribution in [3.8, 4) is 5.75 Å². The number of benzene rings is 1. The zero-order chi connectivity index (χ0) is 23.5. The van der Waals surface area contributed by atoms with Gasteiger partial charge in [0.05, 0.1) is 41.4 Å². The Morgan fingerprint density at radius 1 is 1.27 bits per heavy atom. The molecule has 0 saturated carbocycles. The van der Waals surface area contributed by atoms with E-state index in [1.165, 1.54) is 29.7 Å². The van der Waals surface area contributed by atoms with Crippen molar-refractivity contribution in [1.82, 2.24) is 24.3 Å². The number of pyridine rings is 1. The summed E-state index contributed by atoms with van der Waals surface area (Å²) in [5.74, 6) is -1.60. The van der Waals surface area contributed by atoms with Gasteiger partial charge in [-0.05, 0) is 25.1 Å². The largest absolute Gasteiger partial charge is 0.491 e. The number of hydrogen-bond acceptors (Lipinski definition) is 6. The minimum atomic E-state index is -4.72. The molecule has 1 aliphatic heterocycles. The van der Waals surface area contributed by atoms with Crippen molar-refractivity contribution in [2.75, 3.05) is 18.9 Å². The number of likely N-dealkylation sites (N-methyl/N-ethyl adjacent to an activating group) is 1. The third-order valence-corrected chi connectivity index (χ3v) is 5.61. The van der Waals surface area contributed by atoms with Crippen molar-refractivity contribution in [3.63, 3.8) is 0 Å². The molecule has 0 fully saturated rings. The van der Waals surface area contributed by atoms with Crippen LogP contribution in [0.3, 0.4) is 0 Å². The number of fused-ring (bicyclic) bond motifs is 4. The fourth-order valence-electron chi connectivity index (χ4n) is 4.05. The Kier molecular flexibility index (Phi) is 4.62. The highest BCUT2D eigenvalue weighted by Crippen LogP contribution is 2.42. The van der Waals surface area contributed by atoms with Crippen LogP contribution < -0.4 is 10.5 Å². The second-order valence-electron chi connectivity index (χ2n) is 7.49. The van der Waals surface area contributed by atoms with Crippen molar-refractivity contribution in [2.24, 2.45) is 0 Å². The summed E-state index contributed by atoms with van der Waals surface area (Å²) < 4.78 is 60.8. The molecule has 4 aromatic rings. The second kappa shape index (κ2) is 7.29. The van der Waals surface area contributed by atoms with Gasteiger partial charge in [0.15, 0.2) is 0 Å². The number of nitrogens with zero attached hydrogens (tertiary/aromatic N) is 5. The summed E-state index contributed by atoms with van der Waals surface area (Å²) in [5, 5.41) is 0.